The quantitative estimate of drug-likeness (QED) is 0.535. The van der Waals surface area contributed by atoms with E-state index < -0.39 is 13.1 Å². The second-order valence-corrected chi connectivity index (χ2v) is 4.42. The number of hydrogen-bond donors (Lipinski definition) is 4. The Labute approximate surface area is 120 Å². The second kappa shape index (κ2) is 6.34. The van der Waals surface area contributed by atoms with Crippen LogP contribution in [0.15, 0.2) is 36.4 Å². The third kappa shape index (κ3) is 3.77. The molecule has 0 bridgehead atoms. The van der Waals surface area contributed by atoms with Crippen LogP contribution in [0.3, 0.4) is 0 Å². The van der Waals surface area contributed by atoms with Gasteiger partial charge >= 0.3 is 13.1 Å². The van der Waals surface area contributed by atoms with Crippen LogP contribution in [0.5, 0.6) is 11.8 Å². The van der Waals surface area contributed by atoms with Crippen LogP contribution in [0.25, 0.3) is 0 Å². The second-order valence-electron chi connectivity index (χ2n) is 4.42. The van der Waals surface area contributed by atoms with Gasteiger partial charge in [-0.1, -0.05) is 24.3 Å². The van der Waals surface area contributed by atoms with E-state index in [4.69, 9.17) is 14.9 Å². The topological polar surface area (TPSA) is 112 Å². The molecule has 1 aromatic heterocycles. The van der Waals surface area contributed by atoms with Crippen molar-refractivity contribution >= 4 is 18.6 Å². The van der Waals surface area contributed by atoms with Gasteiger partial charge in [0, 0.05) is 12.1 Å². The van der Waals surface area contributed by atoms with Crippen LogP contribution in [-0.2, 0) is 11.2 Å². The molecule has 0 atom stereocenters. The van der Waals surface area contributed by atoms with Crippen molar-refractivity contribution in [2.45, 2.75) is 12.8 Å². The van der Waals surface area contributed by atoms with E-state index in [1.54, 1.807) is 24.3 Å². The third-order valence-corrected chi connectivity index (χ3v) is 2.89. The molecule has 1 aromatic carbocycles. The summed E-state index contributed by atoms with van der Waals surface area (Å²) in [5.41, 5.74) is 1.18. The average molecular weight is 291 g/mol. The molecule has 0 saturated heterocycles. The van der Waals surface area contributed by atoms with Crippen LogP contribution in [-0.4, -0.2) is 38.1 Å². The summed E-state index contributed by atoms with van der Waals surface area (Å²) in [5.74, 6) is -1.37. The van der Waals surface area contributed by atoms with Gasteiger partial charge in [-0.15, -0.1) is 4.73 Å². The Kier molecular flexibility index (Phi) is 4.51. The Balaban J connectivity index is 1.89. The van der Waals surface area contributed by atoms with Crippen LogP contribution in [0, 0.1) is 0 Å². The summed E-state index contributed by atoms with van der Waals surface area (Å²) >= 11 is 0. The van der Waals surface area contributed by atoms with Gasteiger partial charge in [0.15, 0.2) is 0 Å². The molecule has 1 heterocycles. The highest BCUT2D eigenvalue weighted by Gasteiger charge is 2.13. The van der Waals surface area contributed by atoms with Gasteiger partial charge < -0.3 is 25.1 Å². The zero-order valence-corrected chi connectivity index (χ0v) is 11.0. The first-order valence-corrected chi connectivity index (χ1v) is 6.23. The maximum atomic E-state index is 11.6. The Morgan fingerprint density at radius 1 is 1.05 bits per heavy atom. The van der Waals surface area contributed by atoms with E-state index in [1.165, 1.54) is 12.1 Å². The van der Waals surface area contributed by atoms with Crippen molar-refractivity contribution in [3.8, 4) is 11.8 Å². The Morgan fingerprint density at radius 2 is 1.62 bits per heavy atom. The van der Waals surface area contributed by atoms with Crippen LogP contribution in [0.1, 0.15) is 12.0 Å². The monoisotopic (exact) mass is 291 g/mol. The van der Waals surface area contributed by atoms with E-state index in [1.807, 2.05) is 0 Å². The molecule has 0 unspecified atom stereocenters. The highest BCUT2D eigenvalue weighted by Crippen LogP contribution is 2.18. The maximum absolute atomic E-state index is 11.6. The summed E-state index contributed by atoms with van der Waals surface area (Å²) in [6.45, 7) is 0. The number of carbonyl (C=O) groups excluding carboxylic acids is 1. The predicted molar refractivity (Wildman–Crippen MR) is 73.9 cm³/mol. The van der Waals surface area contributed by atoms with Crippen molar-refractivity contribution in [3.05, 3.63) is 42.0 Å². The number of nitrogens with zero attached hydrogens (tertiary/aromatic N) is 1. The molecule has 0 saturated carbocycles. The van der Waals surface area contributed by atoms with Gasteiger partial charge in [-0.2, -0.15) is 0 Å². The summed E-state index contributed by atoms with van der Waals surface area (Å²) in [6, 6.07) is 8.84. The number of aromatic nitrogens is 1. The largest absolute Gasteiger partial charge is 0.492 e. The fourth-order valence-electron chi connectivity index (χ4n) is 1.75. The average Bonchev–Trinajstić information content (AvgIpc) is 2.77. The lowest BCUT2D eigenvalue weighted by molar-refractivity contribution is -0.145. The van der Waals surface area contributed by atoms with Gasteiger partial charge in [-0.25, -0.2) is 4.79 Å². The SMILES string of the molecule is O=C(CCc1ccc(B(O)O)cc1)On1c(O)ccc1O. The number of benzene rings is 1. The molecule has 110 valence electrons. The van der Waals surface area contributed by atoms with Gasteiger partial charge in [-0.05, 0) is 17.4 Å². The standard InChI is InChI=1S/C13H14BNO6/c16-11-6-7-12(17)15(11)21-13(18)8-3-9-1-4-10(5-2-9)14(19)20/h1-2,4-7,16-17,19-20H,3,8H2. The highest BCUT2D eigenvalue weighted by molar-refractivity contribution is 6.58. The molecule has 2 aromatic rings. The minimum absolute atomic E-state index is 0.0398. The Bertz CT molecular complexity index is 603. The zero-order chi connectivity index (χ0) is 15.4. The highest BCUT2D eigenvalue weighted by atomic mass is 16.7. The summed E-state index contributed by atoms with van der Waals surface area (Å²) in [5, 5.41) is 36.6. The lowest BCUT2D eigenvalue weighted by Gasteiger charge is -2.07. The molecule has 7 nitrogen and oxygen atoms in total. The Hall–Kier alpha value is -2.45. The smallest absolute Gasteiger partial charge is 0.488 e. The lowest BCUT2D eigenvalue weighted by atomic mass is 9.80. The minimum Gasteiger partial charge on any atom is -0.492 e. The van der Waals surface area contributed by atoms with Crippen LogP contribution < -0.4 is 10.3 Å². The van der Waals surface area contributed by atoms with E-state index in [0.29, 0.717) is 16.6 Å². The fraction of sp³-hybridized carbons (Fsp3) is 0.154. The molecule has 2 rings (SSSR count). The first-order valence-electron chi connectivity index (χ1n) is 6.23. The van der Waals surface area contributed by atoms with Crippen molar-refractivity contribution in [1.29, 1.82) is 0 Å². The molecule has 0 aliphatic heterocycles. The molecule has 0 radical (unpaired) electrons. The van der Waals surface area contributed by atoms with Gasteiger partial charge in [0.25, 0.3) is 0 Å². The summed E-state index contributed by atoms with van der Waals surface area (Å²) in [7, 11) is -1.52. The first-order chi connectivity index (χ1) is 9.97. The van der Waals surface area contributed by atoms with Crippen molar-refractivity contribution in [2.75, 3.05) is 0 Å². The number of aromatic hydroxyl groups is 2. The van der Waals surface area contributed by atoms with Gasteiger partial charge in [0.2, 0.25) is 11.8 Å². The lowest BCUT2D eigenvalue weighted by Crippen LogP contribution is -2.29. The van der Waals surface area contributed by atoms with Gasteiger partial charge in [-0.3, -0.25) is 0 Å². The summed E-state index contributed by atoms with van der Waals surface area (Å²) < 4.78 is 0.632. The molecule has 0 spiro atoms. The molecular formula is C13H14BNO6. The van der Waals surface area contributed by atoms with E-state index in [0.717, 1.165) is 5.56 Å². The van der Waals surface area contributed by atoms with E-state index >= 15 is 0 Å². The van der Waals surface area contributed by atoms with Crippen LogP contribution in [0.2, 0.25) is 0 Å². The maximum Gasteiger partial charge on any atom is 0.488 e. The molecule has 21 heavy (non-hydrogen) atoms. The first kappa shape index (κ1) is 15.0. The number of hydrogen-bond acceptors (Lipinski definition) is 6. The molecule has 0 amide bonds. The minimum atomic E-state index is -1.52. The molecular weight excluding hydrogens is 277 g/mol. The zero-order valence-electron chi connectivity index (χ0n) is 11.0. The van der Waals surface area contributed by atoms with Crippen LogP contribution >= 0.6 is 0 Å². The predicted octanol–water partition coefficient (Wildman–Crippen LogP) is -0.833. The van der Waals surface area contributed by atoms with E-state index in [9.17, 15) is 15.0 Å². The van der Waals surface area contributed by atoms with Crippen LogP contribution in [0.4, 0.5) is 0 Å². The number of aryl methyl sites for hydroxylation is 1. The van der Waals surface area contributed by atoms with Crippen molar-refractivity contribution in [1.82, 2.24) is 4.73 Å². The van der Waals surface area contributed by atoms with E-state index in [-0.39, 0.29) is 18.2 Å². The van der Waals surface area contributed by atoms with Crippen molar-refractivity contribution < 1.29 is 29.9 Å². The third-order valence-electron chi connectivity index (χ3n) is 2.89. The summed E-state index contributed by atoms with van der Waals surface area (Å²) in [6.07, 6.45) is 0.418. The molecule has 4 N–H and O–H groups in total. The van der Waals surface area contributed by atoms with Gasteiger partial charge in [0.1, 0.15) is 0 Å². The summed E-state index contributed by atoms with van der Waals surface area (Å²) in [4.78, 5) is 16.4. The van der Waals surface area contributed by atoms with Gasteiger partial charge in [0.05, 0.1) is 6.42 Å². The van der Waals surface area contributed by atoms with E-state index in [2.05, 4.69) is 0 Å². The number of carbonyl (C=O) groups is 1. The normalized spacial score (nSPS) is 10.4. The molecule has 8 heteroatoms. The molecule has 0 fully saturated rings. The van der Waals surface area contributed by atoms with Crippen molar-refractivity contribution in [2.24, 2.45) is 0 Å². The molecule has 0 aliphatic rings. The molecule has 0 aliphatic carbocycles. The fourth-order valence-corrected chi connectivity index (χ4v) is 1.75. The Morgan fingerprint density at radius 3 is 2.14 bits per heavy atom. The van der Waals surface area contributed by atoms with Crippen molar-refractivity contribution in [3.63, 3.8) is 0 Å². The number of rotatable bonds is 5.